The molecule has 0 spiro atoms. The van der Waals surface area contributed by atoms with E-state index in [0.29, 0.717) is 24.9 Å². The van der Waals surface area contributed by atoms with E-state index in [1.54, 1.807) is 0 Å². The van der Waals surface area contributed by atoms with Crippen LogP contribution in [0.25, 0.3) is 0 Å². The Morgan fingerprint density at radius 2 is 2.00 bits per heavy atom. The normalized spacial score (nSPS) is 11.9. The SMILES string of the molecule is CC(C)C(NC(=O)CCCN)c1ccc(F)cc1F.Cl. The van der Waals surface area contributed by atoms with Crippen molar-refractivity contribution in [3.05, 3.63) is 35.4 Å². The minimum Gasteiger partial charge on any atom is -0.349 e. The van der Waals surface area contributed by atoms with Crippen LogP contribution in [0.1, 0.15) is 38.3 Å². The Morgan fingerprint density at radius 1 is 1.35 bits per heavy atom. The van der Waals surface area contributed by atoms with Crippen molar-refractivity contribution < 1.29 is 13.6 Å². The average molecular weight is 307 g/mol. The first kappa shape index (κ1) is 18.8. The van der Waals surface area contributed by atoms with Crippen molar-refractivity contribution in [1.29, 1.82) is 0 Å². The lowest BCUT2D eigenvalue weighted by Crippen LogP contribution is -2.32. The van der Waals surface area contributed by atoms with Gasteiger partial charge < -0.3 is 11.1 Å². The Labute approximate surface area is 124 Å². The fourth-order valence-corrected chi connectivity index (χ4v) is 1.87. The molecule has 1 rings (SSSR count). The molecule has 3 N–H and O–H groups in total. The molecule has 0 bridgehead atoms. The van der Waals surface area contributed by atoms with Crippen LogP contribution in [0, 0.1) is 17.6 Å². The largest absolute Gasteiger partial charge is 0.349 e. The molecule has 6 heteroatoms. The molecule has 0 aromatic heterocycles. The zero-order chi connectivity index (χ0) is 14.4. The number of carbonyl (C=O) groups excluding carboxylic acids is 1. The van der Waals surface area contributed by atoms with Crippen LogP contribution in [-0.2, 0) is 4.79 Å². The van der Waals surface area contributed by atoms with Crippen LogP contribution in [0.5, 0.6) is 0 Å². The van der Waals surface area contributed by atoms with Crippen LogP contribution in [0.4, 0.5) is 8.78 Å². The monoisotopic (exact) mass is 306 g/mol. The van der Waals surface area contributed by atoms with E-state index in [2.05, 4.69) is 5.32 Å². The number of nitrogens with two attached hydrogens (primary N) is 1. The standard InChI is InChI=1S/C14H20F2N2O.ClH/c1-9(2)14(18-13(19)4-3-7-17)11-6-5-10(15)8-12(11)16;/h5-6,8-9,14H,3-4,7,17H2,1-2H3,(H,18,19);1H. The minimum atomic E-state index is -0.641. The maximum atomic E-state index is 13.8. The first-order valence-electron chi connectivity index (χ1n) is 6.40. The number of carbonyl (C=O) groups is 1. The van der Waals surface area contributed by atoms with Gasteiger partial charge in [-0.3, -0.25) is 4.79 Å². The zero-order valence-corrected chi connectivity index (χ0v) is 12.5. The van der Waals surface area contributed by atoms with Gasteiger partial charge in [-0.05, 0) is 24.9 Å². The van der Waals surface area contributed by atoms with Crippen LogP contribution in [0.2, 0.25) is 0 Å². The molecular formula is C14H21ClF2N2O. The summed E-state index contributed by atoms with van der Waals surface area (Å²) in [7, 11) is 0. The smallest absolute Gasteiger partial charge is 0.220 e. The minimum absolute atomic E-state index is 0. The van der Waals surface area contributed by atoms with E-state index in [1.807, 2.05) is 13.8 Å². The van der Waals surface area contributed by atoms with Crippen LogP contribution in [0.3, 0.4) is 0 Å². The summed E-state index contributed by atoms with van der Waals surface area (Å²) >= 11 is 0. The van der Waals surface area contributed by atoms with Crippen LogP contribution in [0.15, 0.2) is 18.2 Å². The van der Waals surface area contributed by atoms with Crippen molar-refractivity contribution in [3.63, 3.8) is 0 Å². The first-order chi connectivity index (χ1) is 8.95. The van der Waals surface area contributed by atoms with Gasteiger partial charge in [0.1, 0.15) is 11.6 Å². The van der Waals surface area contributed by atoms with Crippen LogP contribution < -0.4 is 11.1 Å². The molecule has 0 aliphatic heterocycles. The highest BCUT2D eigenvalue weighted by molar-refractivity contribution is 5.85. The van der Waals surface area contributed by atoms with E-state index < -0.39 is 17.7 Å². The van der Waals surface area contributed by atoms with Gasteiger partial charge >= 0.3 is 0 Å². The predicted octanol–water partition coefficient (Wildman–Crippen LogP) is 2.94. The topological polar surface area (TPSA) is 55.1 Å². The molecule has 0 aliphatic rings. The van der Waals surface area contributed by atoms with Gasteiger partial charge in [-0.2, -0.15) is 0 Å². The quantitative estimate of drug-likeness (QED) is 0.849. The molecular weight excluding hydrogens is 286 g/mol. The van der Waals surface area contributed by atoms with Gasteiger partial charge in [0.05, 0.1) is 6.04 Å². The van der Waals surface area contributed by atoms with E-state index in [0.717, 1.165) is 6.07 Å². The number of benzene rings is 1. The lowest BCUT2D eigenvalue weighted by Gasteiger charge is -2.23. The summed E-state index contributed by atoms with van der Waals surface area (Å²) in [4.78, 5) is 11.7. The maximum Gasteiger partial charge on any atom is 0.220 e. The molecule has 1 aromatic rings. The lowest BCUT2D eigenvalue weighted by molar-refractivity contribution is -0.122. The fraction of sp³-hybridized carbons (Fsp3) is 0.500. The molecule has 0 saturated heterocycles. The summed E-state index contributed by atoms with van der Waals surface area (Å²) in [5, 5.41) is 2.77. The number of hydrogen-bond acceptors (Lipinski definition) is 2. The van der Waals surface area contributed by atoms with E-state index in [-0.39, 0.29) is 24.2 Å². The molecule has 0 aliphatic carbocycles. The third-order valence-corrected chi connectivity index (χ3v) is 2.89. The summed E-state index contributed by atoms with van der Waals surface area (Å²) in [6, 6.07) is 2.93. The zero-order valence-electron chi connectivity index (χ0n) is 11.7. The molecule has 0 fully saturated rings. The van der Waals surface area contributed by atoms with Crippen molar-refractivity contribution >= 4 is 18.3 Å². The lowest BCUT2D eigenvalue weighted by atomic mass is 9.95. The Kier molecular flexibility index (Phi) is 8.34. The summed E-state index contributed by atoms with van der Waals surface area (Å²) in [6.07, 6.45) is 0.894. The van der Waals surface area contributed by atoms with Crippen molar-refractivity contribution in [2.24, 2.45) is 11.7 Å². The highest BCUT2D eigenvalue weighted by Crippen LogP contribution is 2.25. The third-order valence-electron chi connectivity index (χ3n) is 2.89. The van der Waals surface area contributed by atoms with Gasteiger partial charge in [0.15, 0.2) is 0 Å². The van der Waals surface area contributed by atoms with Crippen LogP contribution in [-0.4, -0.2) is 12.5 Å². The first-order valence-corrected chi connectivity index (χ1v) is 6.40. The second-order valence-electron chi connectivity index (χ2n) is 4.85. The van der Waals surface area contributed by atoms with Crippen LogP contribution >= 0.6 is 12.4 Å². The van der Waals surface area contributed by atoms with E-state index in [9.17, 15) is 13.6 Å². The average Bonchev–Trinajstić information content (AvgIpc) is 2.34. The molecule has 1 unspecified atom stereocenters. The fourth-order valence-electron chi connectivity index (χ4n) is 1.87. The molecule has 0 heterocycles. The molecule has 1 amide bonds. The highest BCUT2D eigenvalue weighted by atomic mass is 35.5. The van der Waals surface area contributed by atoms with E-state index in [4.69, 9.17) is 5.73 Å². The Morgan fingerprint density at radius 3 is 2.50 bits per heavy atom. The molecule has 3 nitrogen and oxygen atoms in total. The van der Waals surface area contributed by atoms with E-state index >= 15 is 0 Å². The van der Waals surface area contributed by atoms with Crippen molar-refractivity contribution in [3.8, 4) is 0 Å². The Balaban J connectivity index is 0.00000361. The van der Waals surface area contributed by atoms with Crippen molar-refractivity contribution in [1.82, 2.24) is 5.32 Å². The molecule has 20 heavy (non-hydrogen) atoms. The molecule has 0 saturated carbocycles. The van der Waals surface area contributed by atoms with Crippen molar-refractivity contribution in [2.45, 2.75) is 32.7 Å². The summed E-state index contributed by atoms with van der Waals surface area (Å²) in [5.41, 5.74) is 5.64. The summed E-state index contributed by atoms with van der Waals surface area (Å²) < 4.78 is 26.7. The second kappa shape index (κ2) is 8.87. The predicted molar refractivity (Wildman–Crippen MR) is 77.6 cm³/mol. The summed E-state index contributed by atoms with van der Waals surface area (Å²) in [5.74, 6) is -1.44. The number of nitrogens with one attached hydrogen (secondary N) is 1. The van der Waals surface area contributed by atoms with Gasteiger partial charge in [0.2, 0.25) is 5.91 Å². The van der Waals surface area contributed by atoms with Gasteiger partial charge in [-0.1, -0.05) is 19.9 Å². The maximum absolute atomic E-state index is 13.8. The van der Waals surface area contributed by atoms with E-state index in [1.165, 1.54) is 12.1 Å². The molecule has 114 valence electrons. The number of amides is 1. The summed E-state index contributed by atoms with van der Waals surface area (Å²) in [6.45, 7) is 4.18. The second-order valence-corrected chi connectivity index (χ2v) is 4.85. The molecule has 0 radical (unpaired) electrons. The van der Waals surface area contributed by atoms with Gasteiger partial charge in [-0.15, -0.1) is 12.4 Å². The molecule has 1 atom stereocenters. The Hall–Kier alpha value is -1.20. The van der Waals surface area contributed by atoms with Crippen molar-refractivity contribution in [2.75, 3.05) is 6.54 Å². The number of rotatable bonds is 6. The van der Waals surface area contributed by atoms with Gasteiger partial charge in [0.25, 0.3) is 0 Å². The number of halogens is 3. The van der Waals surface area contributed by atoms with Gasteiger partial charge in [-0.25, -0.2) is 8.78 Å². The Bertz CT molecular complexity index is 441. The highest BCUT2D eigenvalue weighted by Gasteiger charge is 2.21. The number of hydrogen-bond donors (Lipinski definition) is 2. The molecule has 1 aromatic carbocycles. The third kappa shape index (κ3) is 5.43. The van der Waals surface area contributed by atoms with Gasteiger partial charge in [0, 0.05) is 18.1 Å².